The van der Waals surface area contributed by atoms with E-state index in [2.05, 4.69) is 12.8 Å². The van der Waals surface area contributed by atoms with Crippen molar-refractivity contribution in [3.05, 3.63) is 24.0 Å². The maximum Gasteiger partial charge on any atom is 0.424 e. The third-order valence-corrected chi connectivity index (χ3v) is 2.45. The number of anilines is 1. The maximum absolute atomic E-state index is 13.4. The van der Waals surface area contributed by atoms with E-state index in [1.54, 1.807) is 13.8 Å². The van der Waals surface area contributed by atoms with Crippen LogP contribution < -0.4 is 9.04 Å². The molecule has 1 aromatic carbocycles. The Labute approximate surface area is 124 Å². The van der Waals surface area contributed by atoms with Crippen molar-refractivity contribution in [2.75, 3.05) is 4.31 Å². The van der Waals surface area contributed by atoms with Gasteiger partial charge in [-0.3, -0.25) is 0 Å². The van der Waals surface area contributed by atoms with Crippen molar-refractivity contribution in [2.45, 2.75) is 46.3 Å². The van der Waals surface area contributed by atoms with E-state index >= 15 is 0 Å². The molecule has 0 aliphatic carbocycles. The van der Waals surface area contributed by atoms with Gasteiger partial charge in [0.15, 0.2) is 0 Å². The predicted molar refractivity (Wildman–Crippen MR) is 79.9 cm³/mol. The number of hydrogen-bond donors (Lipinski definition) is 1. The number of nitrogens with zero attached hydrogens (tertiary/aromatic N) is 1. The standard InChI is InChI=1S/C14H20FNO3S/c1-9(2)18-13(17)16(20)11-8-10(15)6-7-12(11)19-14(3,4)5/h6-9,20H,1-5H3. The molecular formula is C14H20FNO3S. The molecule has 1 rings (SSSR count). The van der Waals surface area contributed by atoms with E-state index in [1.807, 2.05) is 20.8 Å². The Bertz CT molecular complexity index is 486. The molecule has 0 spiro atoms. The molecule has 0 aliphatic rings. The van der Waals surface area contributed by atoms with Crippen molar-refractivity contribution in [3.8, 4) is 5.75 Å². The third kappa shape index (κ3) is 4.92. The number of carbonyl (C=O) groups excluding carboxylic acids is 1. The lowest BCUT2D eigenvalue weighted by atomic mass is 10.2. The molecule has 0 unspecified atom stereocenters. The number of thiol groups is 1. The van der Waals surface area contributed by atoms with Crippen LogP contribution in [-0.2, 0) is 4.74 Å². The summed E-state index contributed by atoms with van der Waals surface area (Å²) in [5.74, 6) is -0.132. The molecule has 0 saturated heterocycles. The lowest BCUT2D eigenvalue weighted by Gasteiger charge is -2.26. The summed E-state index contributed by atoms with van der Waals surface area (Å²) in [6, 6.07) is 3.90. The quantitative estimate of drug-likeness (QED) is 0.850. The molecule has 4 nitrogen and oxygen atoms in total. The number of ether oxygens (including phenoxy) is 2. The first-order valence-electron chi connectivity index (χ1n) is 6.28. The predicted octanol–water partition coefficient (Wildman–Crippen LogP) is 4.20. The Morgan fingerprint density at radius 2 is 1.95 bits per heavy atom. The van der Waals surface area contributed by atoms with Crippen molar-refractivity contribution < 1.29 is 18.7 Å². The summed E-state index contributed by atoms with van der Waals surface area (Å²) in [5.41, 5.74) is -0.280. The van der Waals surface area contributed by atoms with Crippen LogP contribution in [0.2, 0.25) is 0 Å². The Morgan fingerprint density at radius 3 is 2.45 bits per heavy atom. The van der Waals surface area contributed by atoms with E-state index in [-0.39, 0.29) is 11.8 Å². The first-order valence-corrected chi connectivity index (χ1v) is 6.68. The minimum atomic E-state index is -0.687. The van der Waals surface area contributed by atoms with Gasteiger partial charge in [0.25, 0.3) is 0 Å². The van der Waals surface area contributed by atoms with Gasteiger partial charge < -0.3 is 9.47 Å². The number of benzene rings is 1. The molecule has 0 aromatic heterocycles. The zero-order chi connectivity index (χ0) is 15.5. The fraction of sp³-hybridized carbons (Fsp3) is 0.500. The molecule has 20 heavy (non-hydrogen) atoms. The van der Waals surface area contributed by atoms with Crippen LogP contribution in [0.25, 0.3) is 0 Å². The molecule has 0 saturated carbocycles. The topological polar surface area (TPSA) is 38.8 Å². The Kier molecular flexibility index (Phi) is 5.28. The van der Waals surface area contributed by atoms with E-state index < -0.39 is 17.5 Å². The molecule has 1 amide bonds. The van der Waals surface area contributed by atoms with Gasteiger partial charge in [0, 0.05) is 6.07 Å². The SMILES string of the molecule is CC(C)OC(=O)N(S)c1cc(F)ccc1OC(C)(C)C. The average molecular weight is 301 g/mol. The van der Waals surface area contributed by atoms with E-state index in [0.29, 0.717) is 5.75 Å². The molecule has 6 heteroatoms. The smallest absolute Gasteiger partial charge is 0.424 e. The molecule has 0 radical (unpaired) electrons. The van der Waals surface area contributed by atoms with Crippen LogP contribution in [0.5, 0.6) is 5.75 Å². The summed E-state index contributed by atoms with van der Waals surface area (Å²) in [5, 5.41) is 0. The third-order valence-electron chi connectivity index (χ3n) is 2.07. The van der Waals surface area contributed by atoms with Gasteiger partial charge in [-0.15, -0.1) is 0 Å². The summed E-state index contributed by atoms with van der Waals surface area (Å²) < 4.78 is 25.1. The van der Waals surface area contributed by atoms with Gasteiger partial charge in [-0.25, -0.2) is 13.5 Å². The highest BCUT2D eigenvalue weighted by Gasteiger charge is 2.22. The Balaban J connectivity index is 3.08. The lowest BCUT2D eigenvalue weighted by molar-refractivity contribution is 0.123. The van der Waals surface area contributed by atoms with Crippen LogP contribution in [0.15, 0.2) is 18.2 Å². The zero-order valence-electron chi connectivity index (χ0n) is 12.3. The van der Waals surface area contributed by atoms with Gasteiger partial charge >= 0.3 is 6.09 Å². The molecule has 112 valence electrons. The van der Waals surface area contributed by atoms with Gasteiger partial charge in [0.1, 0.15) is 22.9 Å². The second kappa shape index (κ2) is 6.35. The van der Waals surface area contributed by atoms with E-state index in [1.165, 1.54) is 18.2 Å². The first-order chi connectivity index (χ1) is 9.10. The highest BCUT2D eigenvalue weighted by molar-refractivity contribution is 7.82. The van der Waals surface area contributed by atoms with Crippen LogP contribution in [0.4, 0.5) is 14.9 Å². The molecule has 0 bridgehead atoms. The van der Waals surface area contributed by atoms with Crippen LogP contribution in [-0.4, -0.2) is 17.8 Å². The lowest BCUT2D eigenvalue weighted by Crippen LogP contribution is -2.28. The Morgan fingerprint density at radius 1 is 1.35 bits per heavy atom. The van der Waals surface area contributed by atoms with Crippen molar-refractivity contribution in [2.24, 2.45) is 0 Å². The summed E-state index contributed by atoms with van der Waals surface area (Å²) in [7, 11) is 0. The number of carbonyl (C=O) groups is 1. The van der Waals surface area contributed by atoms with E-state index in [9.17, 15) is 9.18 Å². The summed E-state index contributed by atoms with van der Waals surface area (Å²) >= 11 is 4.07. The van der Waals surface area contributed by atoms with Crippen LogP contribution in [0, 0.1) is 5.82 Å². The summed E-state index contributed by atoms with van der Waals surface area (Å²) in [6.07, 6.45) is -0.981. The summed E-state index contributed by atoms with van der Waals surface area (Å²) in [6.45, 7) is 9.01. The minimum Gasteiger partial charge on any atom is -0.486 e. The van der Waals surface area contributed by atoms with Gasteiger partial charge in [-0.1, -0.05) is 12.8 Å². The molecular weight excluding hydrogens is 281 g/mol. The first kappa shape index (κ1) is 16.6. The van der Waals surface area contributed by atoms with Gasteiger partial charge in [-0.05, 0) is 46.8 Å². The monoisotopic (exact) mass is 301 g/mol. The summed E-state index contributed by atoms with van der Waals surface area (Å²) in [4.78, 5) is 11.8. The van der Waals surface area contributed by atoms with Crippen molar-refractivity contribution in [1.29, 1.82) is 0 Å². The highest BCUT2D eigenvalue weighted by Crippen LogP contribution is 2.33. The fourth-order valence-electron chi connectivity index (χ4n) is 1.42. The molecule has 0 aliphatic heterocycles. The van der Waals surface area contributed by atoms with Crippen LogP contribution in [0.1, 0.15) is 34.6 Å². The Hall–Kier alpha value is -1.43. The average Bonchev–Trinajstić information content (AvgIpc) is 2.28. The van der Waals surface area contributed by atoms with E-state index in [4.69, 9.17) is 9.47 Å². The minimum absolute atomic E-state index is 0.203. The van der Waals surface area contributed by atoms with Crippen molar-refractivity contribution >= 4 is 24.6 Å². The van der Waals surface area contributed by atoms with Crippen molar-refractivity contribution in [3.63, 3.8) is 0 Å². The van der Waals surface area contributed by atoms with E-state index in [0.717, 1.165) is 4.31 Å². The molecule has 1 aromatic rings. The second-order valence-electron chi connectivity index (χ2n) is 5.57. The fourth-order valence-corrected chi connectivity index (χ4v) is 1.63. The molecule has 0 heterocycles. The molecule has 0 fully saturated rings. The van der Waals surface area contributed by atoms with Gasteiger partial charge in [0.2, 0.25) is 0 Å². The number of amides is 1. The number of rotatable bonds is 3. The van der Waals surface area contributed by atoms with Gasteiger partial charge in [0.05, 0.1) is 6.10 Å². The van der Waals surface area contributed by atoms with Crippen LogP contribution in [0.3, 0.4) is 0 Å². The number of hydrogen-bond acceptors (Lipinski definition) is 4. The zero-order valence-corrected chi connectivity index (χ0v) is 13.2. The van der Waals surface area contributed by atoms with Gasteiger partial charge in [-0.2, -0.15) is 0 Å². The highest BCUT2D eigenvalue weighted by atomic mass is 32.1. The second-order valence-corrected chi connectivity index (χ2v) is 5.97. The molecule has 0 atom stereocenters. The largest absolute Gasteiger partial charge is 0.486 e. The molecule has 0 N–H and O–H groups in total. The van der Waals surface area contributed by atoms with Crippen LogP contribution >= 0.6 is 12.8 Å². The van der Waals surface area contributed by atoms with Crippen molar-refractivity contribution in [1.82, 2.24) is 0 Å². The number of halogens is 1. The normalized spacial score (nSPS) is 11.4. The maximum atomic E-state index is 13.4.